The third-order valence-corrected chi connectivity index (χ3v) is 3.23. The van der Waals surface area contributed by atoms with Gasteiger partial charge in [0.15, 0.2) is 5.82 Å². The molecule has 1 fully saturated rings. The molecule has 0 spiro atoms. The van der Waals surface area contributed by atoms with Gasteiger partial charge in [0.05, 0.1) is 12.2 Å². The molecule has 0 saturated carbocycles. The van der Waals surface area contributed by atoms with E-state index in [2.05, 4.69) is 4.98 Å². The Bertz CT molecular complexity index is 526. The molecule has 116 valence electrons. The van der Waals surface area contributed by atoms with E-state index in [1.165, 1.54) is 17.0 Å². The Morgan fingerprint density at radius 2 is 1.86 bits per heavy atom. The summed E-state index contributed by atoms with van der Waals surface area (Å²) in [4.78, 5) is 18.3. The van der Waals surface area contributed by atoms with Crippen molar-refractivity contribution in [3.8, 4) is 0 Å². The van der Waals surface area contributed by atoms with Crippen LogP contribution in [0.3, 0.4) is 0 Å². The second-order valence-electron chi connectivity index (χ2n) is 4.85. The van der Waals surface area contributed by atoms with Crippen LogP contribution < -0.4 is 16.4 Å². The number of pyridine rings is 1. The van der Waals surface area contributed by atoms with Crippen molar-refractivity contribution in [2.75, 3.05) is 43.4 Å². The molecule has 0 aromatic carbocycles. The van der Waals surface area contributed by atoms with E-state index < -0.39 is 18.6 Å². The molecule has 0 unspecified atom stereocenters. The van der Waals surface area contributed by atoms with Crippen LogP contribution in [0.25, 0.3) is 0 Å². The minimum absolute atomic E-state index is 0.0805. The molecule has 21 heavy (non-hydrogen) atoms. The van der Waals surface area contributed by atoms with Gasteiger partial charge in [-0.1, -0.05) is 0 Å². The molecular weight excluding hydrogens is 287 g/mol. The van der Waals surface area contributed by atoms with E-state index in [0.717, 1.165) is 0 Å². The molecule has 1 aromatic heterocycles. The Balaban J connectivity index is 2.05. The number of anilines is 2. The van der Waals surface area contributed by atoms with Crippen LogP contribution in [0.4, 0.5) is 24.7 Å². The number of piperazine rings is 1. The number of hydrogen-bond donors (Lipinski definition) is 2. The van der Waals surface area contributed by atoms with Gasteiger partial charge in [0.1, 0.15) is 5.69 Å². The van der Waals surface area contributed by atoms with Crippen LogP contribution in [0.15, 0.2) is 12.1 Å². The van der Waals surface area contributed by atoms with Crippen molar-refractivity contribution in [3.63, 3.8) is 0 Å². The first-order chi connectivity index (χ1) is 9.76. The highest BCUT2D eigenvalue weighted by molar-refractivity contribution is 5.91. The molecule has 2 rings (SSSR count). The highest BCUT2D eigenvalue weighted by Gasteiger charge is 2.32. The summed E-state index contributed by atoms with van der Waals surface area (Å²) in [7, 11) is 0. The fourth-order valence-corrected chi connectivity index (χ4v) is 2.22. The lowest BCUT2D eigenvalue weighted by molar-refractivity contribution is -0.146. The van der Waals surface area contributed by atoms with E-state index in [0.29, 0.717) is 24.6 Å². The summed E-state index contributed by atoms with van der Waals surface area (Å²) in [5.74, 6) is -0.287. The zero-order valence-electron chi connectivity index (χ0n) is 11.2. The maximum Gasteiger partial charge on any atom is 0.401 e. The first-order valence-corrected chi connectivity index (χ1v) is 6.36. The van der Waals surface area contributed by atoms with Gasteiger partial charge >= 0.3 is 6.18 Å². The number of rotatable bonds is 3. The van der Waals surface area contributed by atoms with Crippen molar-refractivity contribution in [1.82, 2.24) is 9.88 Å². The summed E-state index contributed by atoms with van der Waals surface area (Å²) in [6.45, 7) is 0.291. The Morgan fingerprint density at radius 3 is 2.38 bits per heavy atom. The third kappa shape index (κ3) is 3.97. The minimum Gasteiger partial charge on any atom is -0.396 e. The van der Waals surface area contributed by atoms with E-state index in [-0.39, 0.29) is 18.8 Å². The van der Waals surface area contributed by atoms with Gasteiger partial charge in [-0.2, -0.15) is 13.2 Å². The molecule has 6 nitrogen and oxygen atoms in total. The number of amides is 1. The summed E-state index contributed by atoms with van der Waals surface area (Å²) in [5.41, 5.74) is 11.4. The quantitative estimate of drug-likeness (QED) is 0.846. The second-order valence-corrected chi connectivity index (χ2v) is 4.85. The van der Waals surface area contributed by atoms with Crippen molar-refractivity contribution in [2.24, 2.45) is 5.73 Å². The van der Waals surface area contributed by atoms with Crippen molar-refractivity contribution in [3.05, 3.63) is 17.8 Å². The number of nitrogens with zero attached hydrogens (tertiary/aromatic N) is 3. The standard InChI is InChI=1S/C12H16F3N5O/c13-12(14,15)7-19-3-5-20(6-4-19)11-8(16)1-2-9(18-11)10(17)21/h1-2H,3-7,16H2,(H2,17,21). The molecule has 1 amide bonds. The minimum atomic E-state index is -4.20. The lowest BCUT2D eigenvalue weighted by Crippen LogP contribution is -2.49. The van der Waals surface area contributed by atoms with Crippen LogP contribution in [-0.2, 0) is 0 Å². The van der Waals surface area contributed by atoms with Gasteiger partial charge in [0, 0.05) is 26.2 Å². The van der Waals surface area contributed by atoms with Gasteiger partial charge in [-0.3, -0.25) is 9.69 Å². The van der Waals surface area contributed by atoms with Crippen LogP contribution in [0, 0.1) is 0 Å². The van der Waals surface area contributed by atoms with Gasteiger partial charge in [-0.05, 0) is 12.1 Å². The van der Waals surface area contributed by atoms with Crippen LogP contribution >= 0.6 is 0 Å². The fraction of sp³-hybridized carbons (Fsp3) is 0.500. The molecule has 1 aliphatic rings. The first-order valence-electron chi connectivity index (χ1n) is 6.36. The van der Waals surface area contributed by atoms with Gasteiger partial charge in [0.25, 0.3) is 5.91 Å². The summed E-state index contributed by atoms with van der Waals surface area (Å²) >= 11 is 0. The van der Waals surface area contributed by atoms with Crippen LogP contribution in [-0.4, -0.2) is 54.7 Å². The Labute approximate surface area is 119 Å². The normalized spacial score (nSPS) is 17.0. The van der Waals surface area contributed by atoms with E-state index in [4.69, 9.17) is 11.5 Å². The van der Waals surface area contributed by atoms with Crippen molar-refractivity contribution < 1.29 is 18.0 Å². The molecule has 9 heteroatoms. The molecule has 1 saturated heterocycles. The molecule has 0 radical (unpaired) electrons. The maximum absolute atomic E-state index is 12.3. The van der Waals surface area contributed by atoms with Gasteiger partial charge in [0.2, 0.25) is 0 Å². The molecule has 2 heterocycles. The van der Waals surface area contributed by atoms with Crippen molar-refractivity contribution >= 4 is 17.4 Å². The lowest BCUT2D eigenvalue weighted by Gasteiger charge is -2.36. The van der Waals surface area contributed by atoms with E-state index in [1.807, 2.05) is 0 Å². The predicted molar refractivity (Wildman–Crippen MR) is 71.9 cm³/mol. The predicted octanol–water partition coefficient (Wildman–Crippen LogP) is 0.447. The number of nitrogen functional groups attached to an aromatic ring is 1. The van der Waals surface area contributed by atoms with Crippen LogP contribution in [0.2, 0.25) is 0 Å². The van der Waals surface area contributed by atoms with E-state index in [1.54, 1.807) is 4.90 Å². The number of primary amides is 1. The maximum atomic E-state index is 12.3. The lowest BCUT2D eigenvalue weighted by atomic mass is 10.2. The average Bonchev–Trinajstić information content (AvgIpc) is 2.38. The van der Waals surface area contributed by atoms with Gasteiger partial charge in [-0.25, -0.2) is 4.98 Å². The van der Waals surface area contributed by atoms with Gasteiger partial charge in [-0.15, -0.1) is 0 Å². The second kappa shape index (κ2) is 5.76. The average molecular weight is 303 g/mol. The third-order valence-electron chi connectivity index (χ3n) is 3.23. The number of nitrogens with two attached hydrogens (primary N) is 2. The van der Waals surface area contributed by atoms with E-state index >= 15 is 0 Å². The first kappa shape index (κ1) is 15.4. The molecule has 0 bridgehead atoms. The number of aromatic nitrogens is 1. The zero-order valence-corrected chi connectivity index (χ0v) is 11.2. The molecule has 0 atom stereocenters. The summed E-state index contributed by atoms with van der Waals surface area (Å²) in [6.07, 6.45) is -4.20. The van der Waals surface area contributed by atoms with Gasteiger partial charge < -0.3 is 16.4 Å². The molecule has 0 aliphatic carbocycles. The highest BCUT2D eigenvalue weighted by Crippen LogP contribution is 2.23. The topological polar surface area (TPSA) is 88.5 Å². The number of halogens is 3. The Morgan fingerprint density at radius 1 is 1.24 bits per heavy atom. The van der Waals surface area contributed by atoms with Crippen molar-refractivity contribution in [1.29, 1.82) is 0 Å². The van der Waals surface area contributed by atoms with Crippen LogP contribution in [0.5, 0.6) is 0 Å². The fourth-order valence-electron chi connectivity index (χ4n) is 2.22. The number of hydrogen-bond acceptors (Lipinski definition) is 5. The SMILES string of the molecule is NC(=O)c1ccc(N)c(N2CCN(CC(F)(F)F)CC2)n1. The number of carbonyl (C=O) groups is 1. The van der Waals surface area contributed by atoms with E-state index in [9.17, 15) is 18.0 Å². The number of carbonyl (C=O) groups excluding carboxylic acids is 1. The summed E-state index contributed by atoms with van der Waals surface area (Å²) < 4.78 is 37.0. The molecule has 1 aliphatic heterocycles. The number of alkyl halides is 3. The largest absolute Gasteiger partial charge is 0.401 e. The monoisotopic (exact) mass is 303 g/mol. The van der Waals surface area contributed by atoms with Crippen LogP contribution in [0.1, 0.15) is 10.5 Å². The Kier molecular flexibility index (Phi) is 4.21. The summed E-state index contributed by atoms with van der Waals surface area (Å²) in [6, 6.07) is 2.94. The molecular formula is C12H16F3N5O. The smallest absolute Gasteiger partial charge is 0.396 e. The van der Waals surface area contributed by atoms with Crippen molar-refractivity contribution in [2.45, 2.75) is 6.18 Å². The highest BCUT2D eigenvalue weighted by atomic mass is 19.4. The summed E-state index contributed by atoms with van der Waals surface area (Å²) in [5, 5.41) is 0. The zero-order chi connectivity index (χ0) is 15.6. The molecule has 4 N–H and O–H groups in total. The molecule has 1 aromatic rings. The Hall–Kier alpha value is -2.03.